The first-order chi connectivity index (χ1) is 18.8. The first kappa shape index (κ1) is 29.6. The fraction of sp³-hybridized carbons (Fsp3) is 0.286. The molecule has 3 rings (SSSR count). The average molecular weight is 553 g/mol. The Labute approximate surface area is 229 Å². The maximum Gasteiger partial charge on any atom is 0.323 e. The van der Waals surface area contributed by atoms with E-state index in [9.17, 15) is 33.9 Å². The highest BCUT2D eigenvalue weighted by Gasteiger charge is 2.41. The van der Waals surface area contributed by atoms with E-state index in [1.807, 2.05) is 0 Å². The molecular formula is C28H28N2O10. The molecule has 0 radical (unpaired) electrons. The second-order valence-corrected chi connectivity index (χ2v) is 9.18. The third kappa shape index (κ3) is 6.70. The minimum absolute atomic E-state index is 0.0334. The highest BCUT2D eigenvalue weighted by atomic mass is 16.6. The van der Waals surface area contributed by atoms with Gasteiger partial charge in [-0.05, 0) is 30.2 Å². The molecule has 0 aliphatic carbocycles. The SMILES string of the molecule is CC(=O)Oc1cc(C2=CN(C(=O)c3ccccc3)C(C(C)C)C(=O)N2CC(=O)O)cc(OC(C)=O)c1OC(C)=O. The Morgan fingerprint density at radius 1 is 0.875 bits per heavy atom. The van der Waals surface area contributed by atoms with E-state index in [4.69, 9.17) is 14.2 Å². The number of hydrogen-bond donors (Lipinski definition) is 1. The van der Waals surface area contributed by atoms with Crippen LogP contribution in [0, 0.1) is 5.92 Å². The lowest BCUT2D eigenvalue weighted by Gasteiger charge is -2.40. The van der Waals surface area contributed by atoms with E-state index in [1.165, 1.54) is 23.2 Å². The molecule has 0 saturated heterocycles. The van der Waals surface area contributed by atoms with Crippen molar-refractivity contribution in [3.8, 4) is 17.2 Å². The fourth-order valence-electron chi connectivity index (χ4n) is 4.16. The van der Waals surface area contributed by atoms with Crippen LogP contribution in [0.2, 0.25) is 0 Å². The van der Waals surface area contributed by atoms with Crippen molar-refractivity contribution in [3.05, 3.63) is 59.8 Å². The second kappa shape index (κ2) is 12.2. The Balaban J connectivity index is 2.33. The lowest BCUT2D eigenvalue weighted by atomic mass is 9.96. The maximum absolute atomic E-state index is 13.8. The largest absolute Gasteiger partial charge is 0.480 e. The summed E-state index contributed by atoms with van der Waals surface area (Å²) in [6.07, 6.45) is 1.32. The molecule has 12 nitrogen and oxygen atoms in total. The lowest BCUT2D eigenvalue weighted by Crippen LogP contribution is -2.55. The number of amides is 2. The molecule has 1 N–H and O–H groups in total. The molecule has 1 atom stereocenters. The summed E-state index contributed by atoms with van der Waals surface area (Å²) in [7, 11) is 0. The van der Waals surface area contributed by atoms with Gasteiger partial charge in [0.1, 0.15) is 12.6 Å². The number of carbonyl (C=O) groups excluding carboxylic acids is 5. The molecule has 1 aliphatic rings. The zero-order chi connectivity index (χ0) is 29.7. The molecule has 2 aromatic carbocycles. The summed E-state index contributed by atoms with van der Waals surface area (Å²) in [5.74, 6) is -6.43. The predicted octanol–water partition coefficient (Wildman–Crippen LogP) is 2.85. The number of carboxylic acid groups (broad SMARTS) is 1. The monoisotopic (exact) mass is 552 g/mol. The van der Waals surface area contributed by atoms with Crippen molar-refractivity contribution in [2.75, 3.05) is 6.54 Å². The van der Waals surface area contributed by atoms with Gasteiger partial charge >= 0.3 is 23.9 Å². The number of ether oxygens (including phenoxy) is 3. The van der Waals surface area contributed by atoms with E-state index in [2.05, 4.69) is 0 Å². The molecule has 40 heavy (non-hydrogen) atoms. The van der Waals surface area contributed by atoms with Gasteiger partial charge < -0.3 is 24.2 Å². The Kier molecular flexibility index (Phi) is 9.04. The van der Waals surface area contributed by atoms with Crippen molar-refractivity contribution in [2.24, 2.45) is 5.92 Å². The minimum atomic E-state index is -1.33. The number of benzene rings is 2. The molecule has 0 spiro atoms. The topological polar surface area (TPSA) is 157 Å². The van der Waals surface area contributed by atoms with Crippen molar-refractivity contribution in [1.29, 1.82) is 0 Å². The van der Waals surface area contributed by atoms with Gasteiger partial charge in [0.15, 0.2) is 11.5 Å². The van der Waals surface area contributed by atoms with Gasteiger partial charge in [-0.25, -0.2) is 0 Å². The van der Waals surface area contributed by atoms with Crippen molar-refractivity contribution in [1.82, 2.24) is 9.80 Å². The van der Waals surface area contributed by atoms with Gasteiger partial charge in [-0.3, -0.25) is 33.7 Å². The molecule has 0 fully saturated rings. The number of hydrogen-bond acceptors (Lipinski definition) is 9. The third-order valence-electron chi connectivity index (χ3n) is 5.62. The highest BCUT2D eigenvalue weighted by Crippen LogP contribution is 2.43. The van der Waals surface area contributed by atoms with Crippen LogP contribution in [0.5, 0.6) is 17.2 Å². The van der Waals surface area contributed by atoms with Gasteiger partial charge in [-0.15, -0.1) is 0 Å². The summed E-state index contributed by atoms with van der Waals surface area (Å²) in [5, 5.41) is 9.62. The number of carbonyl (C=O) groups is 6. The van der Waals surface area contributed by atoms with Crippen molar-refractivity contribution in [2.45, 2.75) is 40.7 Å². The molecule has 2 aromatic rings. The van der Waals surface area contributed by atoms with Crippen LogP contribution >= 0.6 is 0 Å². The molecule has 1 aliphatic heterocycles. The van der Waals surface area contributed by atoms with E-state index in [0.717, 1.165) is 25.7 Å². The van der Waals surface area contributed by atoms with Crippen molar-refractivity contribution < 1.29 is 48.1 Å². The van der Waals surface area contributed by atoms with Crippen LogP contribution in [0.1, 0.15) is 50.5 Å². The van der Waals surface area contributed by atoms with Crippen LogP contribution in [-0.2, 0) is 24.0 Å². The lowest BCUT2D eigenvalue weighted by molar-refractivity contribution is -0.144. The third-order valence-corrected chi connectivity index (χ3v) is 5.62. The quantitative estimate of drug-likeness (QED) is 0.381. The Hall–Kier alpha value is -5.00. The zero-order valence-electron chi connectivity index (χ0n) is 22.5. The predicted molar refractivity (Wildman–Crippen MR) is 139 cm³/mol. The molecular weight excluding hydrogens is 524 g/mol. The summed E-state index contributed by atoms with van der Waals surface area (Å²) >= 11 is 0. The second-order valence-electron chi connectivity index (χ2n) is 9.18. The van der Waals surface area contributed by atoms with Gasteiger partial charge in [-0.1, -0.05) is 32.0 Å². The molecule has 0 bridgehead atoms. The van der Waals surface area contributed by atoms with Crippen LogP contribution in [-0.4, -0.2) is 63.2 Å². The Morgan fingerprint density at radius 3 is 1.85 bits per heavy atom. The van der Waals surface area contributed by atoms with E-state index in [0.29, 0.717) is 0 Å². The summed E-state index contributed by atoms with van der Waals surface area (Å²) in [6.45, 7) is 5.93. The smallest absolute Gasteiger partial charge is 0.323 e. The van der Waals surface area contributed by atoms with Crippen molar-refractivity contribution in [3.63, 3.8) is 0 Å². The van der Waals surface area contributed by atoms with Gasteiger partial charge in [0.25, 0.3) is 11.8 Å². The van der Waals surface area contributed by atoms with Gasteiger partial charge in [0.05, 0.1) is 5.70 Å². The summed E-state index contributed by atoms with van der Waals surface area (Å²) in [4.78, 5) is 76.8. The van der Waals surface area contributed by atoms with E-state index < -0.39 is 54.2 Å². The number of carboxylic acids is 1. The molecule has 12 heteroatoms. The number of nitrogens with zero attached hydrogens (tertiary/aromatic N) is 2. The number of rotatable bonds is 8. The Bertz CT molecular complexity index is 1360. The summed E-state index contributed by atoms with van der Waals surface area (Å²) in [5.41, 5.74) is 0.255. The van der Waals surface area contributed by atoms with Crippen LogP contribution < -0.4 is 14.2 Å². The van der Waals surface area contributed by atoms with E-state index in [-0.39, 0.29) is 34.1 Å². The number of aliphatic carboxylic acids is 1. The van der Waals surface area contributed by atoms with Crippen LogP contribution in [0.15, 0.2) is 48.7 Å². The first-order valence-corrected chi connectivity index (χ1v) is 12.2. The maximum atomic E-state index is 13.8. The Morgan fingerprint density at radius 2 is 1.40 bits per heavy atom. The van der Waals surface area contributed by atoms with Gasteiger partial charge in [0, 0.05) is 38.1 Å². The van der Waals surface area contributed by atoms with Crippen molar-refractivity contribution >= 4 is 41.4 Å². The first-order valence-electron chi connectivity index (χ1n) is 12.2. The molecule has 1 unspecified atom stereocenters. The van der Waals surface area contributed by atoms with Crippen LogP contribution in [0.25, 0.3) is 5.70 Å². The number of esters is 3. The van der Waals surface area contributed by atoms with Crippen LogP contribution in [0.3, 0.4) is 0 Å². The molecule has 0 saturated carbocycles. The molecule has 0 aromatic heterocycles. The fourth-order valence-corrected chi connectivity index (χ4v) is 4.16. The highest BCUT2D eigenvalue weighted by molar-refractivity contribution is 6.03. The molecule has 210 valence electrons. The zero-order valence-corrected chi connectivity index (χ0v) is 22.5. The molecule has 2 amide bonds. The summed E-state index contributed by atoms with van der Waals surface area (Å²) in [6, 6.07) is 9.58. The standard InChI is InChI=1S/C28H28N2O10/c1-15(2)25-28(37)29(14-24(34)35)21(13-30(25)27(36)19-9-7-6-8-10-19)20-11-22(38-16(3)31)26(40-18(5)33)23(12-20)39-17(4)32/h6-13,15,25H,14H2,1-5H3,(H,34,35). The van der Waals surface area contributed by atoms with Gasteiger partial charge in [-0.2, -0.15) is 0 Å². The normalized spacial score (nSPS) is 14.9. The van der Waals surface area contributed by atoms with E-state index in [1.54, 1.807) is 44.2 Å². The summed E-state index contributed by atoms with van der Waals surface area (Å²) < 4.78 is 15.6. The van der Waals surface area contributed by atoms with E-state index >= 15 is 0 Å². The average Bonchev–Trinajstić information content (AvgIpc) is 2.85. The van der Waals surface area contributed by atoms with Gasteiger partial charge in [0.2, 0.25) is 5.75 Å². The molecule has 1 heterocycles. The minimum Gasteiger partial charge on any atom is -0.480 e. The van der Waals surface area contributed by atoms with Crippen LogP contribution in [0.4, 0.5) is 0 Å².